The number of carbonyl (C=O) groups excluding carboxylic acids is 1. The molecule has 1 aliphatic rings. The minimum absolute atomic E-state index is 0.0253. The minimum Gasteiger partial charge on any atom is -0.497 e. The van der Waals surface area contributed by atoms with Crippen LogP contribution in [0.1, 0.15) is 18.4 Å². The molecular formula is C27H29FN2O3. The van der Waals surface area contributed by atoms with Crippen LogP contribution in [0, 0.1) is 11.7 Å². The number of benzene rings is 3. The van der Waals surface area contributed by atoms with Crippen LogP contribution in [0.25, 0.3) is 11.1 Å². The number of hydrogen-bond donors (Lipinski definition) is 1. The summed E-state index contributed by atoms with van der Waals surface area (Å²) < 4.78 is 24.1. The van der Waals surface area contributed by atoms with Crippen molar-refractivity contribution in [1.29, 1.82) is 0 Å². The number of ether oxygens (including phenoxy) is 2. The lowest BCUT2D eigenvalue weighted by Crippen LogP contribution is -2.40. The molecule has 1 N–H and O–H groups in total. The van der Waals surface area contributed by atoms with Crippen LogP contribution in [0.5, 0.6) is 11.5 Å². The summed E-state index contributed by atoms with van der Waals surface area (Å²) in [6.45, 7) is 2.23. The highest BCUT2D eigenvalue weighted by molar-refractivity contribution is 5.97. The lowest BCUT2D eigenvalue weighted by Gasteiger charge is -2.32. The van der Waals surface area contributed by atoms with Crippen molar-refractivity contribution >= 4 is 11.6 Å². The molecular weight excluding hydrogens is 419 g/mol. The summed E-state index contributed by atoms with van der Waals surface area (Å²) in [5.74, 6) is 0.588. The van der Waals surface area contributed by atoms with Crippen LogP contribution in [-0.4, -0.2) is 38.1 Å². The Kier molecular flexibility index (Phi) is 7.25. The van der Waals surface area contributed by atoms with Crippen molar-refractivity contribution in [1.82, 2.24) is 4.90 Å². The van der Waals surface area contributed by atoms with Gasteiger partial charge in [-0.3, -0.25) is 9.69 Å². The molecule has 1 atom stereocenters. The molecule has 0 aliphatic carbocycles. The summed E-state index contributed by atoms with van der Waals surface area (Å²) in [7, 11) is 3.11. The first-order valence-corrected chi connectivity index (χ1v) is 11.2. The van der Waals surface area contributed by atoms with Crippen LogP contribution in [-0.2, 0) is 11.3 Å². The van der Waals surface area contributed by atoms with Gasteiger partial charge in [0, 0.05) is 24.3 Å². The van der Waals surface area contributed by atoms with E-state index in [0.29, 0.717) is 13.1 Å². The van der Waals surface area contributed by atoms with Crippen LogP contribution < -0.4 is 14.8 Å². The highest BCUT2D eigenvalue weighted by atomic mass is 19.1. The highest BCUT2D eigenvalue weighted by Gasteiger charge is 2.26. The third-order valence-electron chi connectivity index (χ3n) is 6.08. The first-order chi connectivity index (χ1) is 16.1. The van der Waals surface area contributed by atoms with E-state index in [2.05, 4.69) is 10.2 Å². The van der Waals surface area contributed by atoms with Gasteiger partial charge in [0.1, 0.15) is 5.75 Å². The summed E-state index contributed by atoms with van der Waals surface area (Å²) in [5, 5.41) is 3.15. The lowest BCUT2D eigenvalue weighted by molar-refractivity contribution is -0.121. The molecule has 3 aromatic rings. The predicted octanol–water partition coefficient (Wildman–Crippen LogP) is 5.36. The standard InChI is InChI=1S/C27H29FN2O3/c1-32-22-12-10-20(11-13-22)23-7-3-4-8-25(23)29-27(31)21-6-5-15-30(18-21)17-19-9-14-24(28)26(16-19)33-2/h3-4,7-14,16,21H,5-6,15,17-18H2,1-2H3,(H,29,31)/t21-/m1/s1. The number of piperidine rings is 1. The Morgan fingerprint density at radius 3 is 2.61 bits per heavy atom. The highest BCUT2D eigenvalue weighted by Crippen LogP contribution is 2.30. The van der Waals surface area contributed by atoms with E-state index < -0.39 is 0 Å². The largest absolute Gasteiger partial charge is 0.497 e. The van der Waals surface area contributed by atoms with E-state index in [1.165, 1.54) is 13.2 Å². The summed E-state index contributed by atoms with van der Waals surface area (Å²) in [6, 6.07) is 20.6. The van der Waals surface area contributed by atoms with E-state index in [4.69, 9.17) is 9.47 Å². The molecule has 33 heavy (non-hydrogen) atoms. The Morgan fingerprint density at radius 1 is 1.06 bits per heavy atom. The molecule has 0 saturated carbocycles. The van der Waals surface area contributed by atoms with Crippen molar-refractivity contribution in [3.05, 3.63) is 78.1 Å². The summed E-state index contributed by atoms with van der Waals surface area (Å²) in [4.78, 5) is 15.4. The number of amides is 1. The summed E-state index contributed by atoms with van der Waals surface area (Å²) >= 11 is 0. The SMILES string of the molecule is COc1ccc(-c2ccccc2NC(=O)[C@@H]2CCCN(Cc3ccc(F)c(OC)c3)C2)cc1. The average molecular weight is 449 g/mol. The van der Waals surface area contributed by atoms with Gasteiger partial charge in [-0.1, -0.05) is 36.4 Å². The quantitative estimate of drug-likeness (QED) is 0.529. The third kappa shape index (κ3) is 5.52. The van der Waals surface area contributed by atoms with Gasteiger partial charge in [-0.15, -0.1) is 0 Å². The average Bonchev–Trinajstić information content (AvgIpc) is 2.86. The third-order valence-corrected chi connectivity index (χ3v) is 6.08. The molecule has 1 heterocycles. The molecule has 1 amide bonds. The zero-order valence-electron chi connectivity index (χ0n) is 19.0. The smallest absolute Gasteiger partial charge is 0.228 e. The van der Waals surface area contributed by atoms with Gasteiger partial charge in [-0.25, -0.2) is 4.39 Å². The van der Waals surface area contributed by atoms with Crippen molar-refractivity contribution in [2.24, 2.45) is 5.92 Å². The molecule has 0 bridgehead atoms. The summed E-state index contributed by atoms with van der Waals surface area (Å²) in [5.41, 5.74) is 3.76. The maximum atomic E-state index is 13.7. The molecule has 0 radical (unpaired) electrons. The Hall–Kier alpha value is -3.38. The Labute approximate surface area is 194 Å². The molecule has 0 spiro atoms. The first kappa shape index (κ1) is 22.8. The fraction of sp³-hybridized carbons (Fsp3) is 0.296. The Morgan fingerprint density at radius 2 is 1.85 bits per heavy atom. The lowest BCUT2D eigenvalue weighted by atomic mass is 9.96. The molecule has 1 fully saturated rings. The second-order valence-electron chi connectivity index (χ2n) is 8.31. The molecule has 5 nitrogen and oxygen atoms in total. The van der Waals surface area contributed by atoms with E-state index in [0.717, 1.165) is 47.5 Å². The number of nitrogens with one attached hydrogen (secondary N) is 1. The van der Waals surface area contributed by atoms with E-state index >= 15 is 0 Å². The van der Waals surface area contributed by atoms with Gasteiger partial charge < -0.3 is 14.8 Å². The number of carbonyl (C=O) groups is 1. The Balaban J connectivity index is 1.43. The van der Waals surface area contributed by atoms with Crippen LogP contribution in [0.15, 0.2) is 66.7 Å². The molecule has 3 aromatic carbocycles. The van der Waals surface area contributed by atoms with Gasteiger partial charge in [0.25, 0.3) is 0 Å². The zero-order chi connectivity index (χ0) is 23.2. The van der Waals surface area contributed by atoms with Gasteiger partial charge in [-0.2, -0.15) is 0 Å². The van der Waals surface area contributed by atoms with Crippen molar-refractivity contribution < 1.29 is 18.7 Å². The van der Waals surface area contributed by atoms with Gasteiger partial charge in [-0.05, 0) is 60.8 Å². The number of hydrogen-bond acceptors (Lipinski definition) is 4. The maximum Gasteiger partial charge on any atom is 0.228 e. The van der Waals surface area contributed by atoms with Gasteiger partial charge in [0.15, 0.2) is 11.6 Å². The van der Waals surface area contributed by atoms with Crippen molar-refractivity contribution in [2.75, 3.05) is 32.6 Å². The molecule has 0 unspecified atom stereocenters. The molecule has 0 aromatic heterocycles. The monoisotopic (exact) mass is 448 g/mol. The molecule has 1 saturated heterocycles. The van der Waals surface area contributed by atoms with E-state index in [1.807, 2.05) is 48.5 Å². The van der Waals surface area contributed by atoms with Gasteiger partial charge in [0.2, 0.25) is 5.91 Å². The maximum absolute atomic E-state index is 13.7. The second kappa shape index (κ2) is 10.5. The number of para-hydroxylation sites is 1. The molecule has 4 rings (SSSR count). The van der Waals surface area contributed by atoms with Gasteiger partial charge in [0.05, 0.1) is 20.1 Å². The van der Waals surface area contributed by atoms with Crippen LogP contribution in [0.2, 0.25) is 0 Å². The van der Waals surface area contributed by atoms with Crippen LogP contribution in [0.4, 0.5) is 10.1 Å². The number of halogens is 1. The number of methoxy groups -OCH3 is 2. The topological polar surface area (TPSA) is 50.8 Å². The van der Waals surface area contributed by atoms with E-state index in [1.54, 1.807) is 19.2 Å². The van der Waals surface area contributed by atoms with E-state index in [9.17, 15) is 9.18 Å². The van der Waals surface area contributed by atoms with Crippen LogP contribution >= 0.6 is 0 Å². The number of rotatable bonds is 7. The zero-order valence-corrected chi connectivity index (χ0v) is 19.0. The number of likely N-dealkylation sites (tertiary alicyclic amines) is 1. The predicted molar refractivity (Wildman–Crippen MR) is 128 cm³/mol. The fourth-order valence-electron chi connectivity index (χ4n) is 4.32. The number of nitrogens with zero attached hydrogens (tertiary/aromatic N) is 1. The minimum atomic E-state index is -0.368. The van der Waals surface area contributed by atoms with Gasteiger partial charge >= 0.3 is 0 Å². The second-order valence-corrected chi connectivity index (χ2v) is 8.31. The molecule has 6 heteroatoms. The van der Waals surface area contributed by atoms with Crippen molar-refractivity contribution in [3.63, 3.8) is 0 Å². The normalized spacial score (nSPS) is 16.3. The summed E-state index contributed by atoms with van der Waals surface area (Å²) in [6.07, 6.45) is 1.79. The molecule has 1 aliphatic heterocycles. The first-order valence-electron chi connectivity index (χ1n) is 11.2. The van der Waals surface area contributed by atoms with Crippen molar-refractivity contribution in [3.8, 4) is 22.6 Å². The Bertz CT molecular complexity index is 1100. The molecule has 172 valence electrons. The van der Waals surface area contributed by atoms with Crippen LogP contribution in [0.3, 0.4) is 0 Å². The fourth-order valence-corrected chi connectivity index (χ4v) is 4.32. The van der Waals surface area contributed by atoms with Crippen molar-refractivity contribution in [2.45, 2.75) is 19.4 Å². The number of anilines is 1. The van der Waals surface area contributed by atoms with E-state index in [-0.39, 0.29) is 23.4 Å².